The number of ether oxygens (including phenoxy) is 6. The molecule has 11 N–H and O–H groups in total. The Balaban J connectivity index is 1.38. The standard InChI is InChI=1S/C33H40O19/c1-10-19(37)23(41)26(44)31(47-10)46-9-17-21(39)25(43)30(52-32-27(45)24(42)20(38)11(2)48-32)33(50-17)51-29-22(40)18-15(36)7-14(35)8-16(18)49-28(29)12-3-5-13(34)6-4-12/h3-8,10-11,17,19-21,23-27,30-39,41-45H,9H2,1-2H3/t10?,11-,17-,19+,20+,21+,23+,24?,25?,26?,27?,30?,31-,32+,33+/m1/s1. The molecule has 0 bridgehead atoms. The fourth-order valence-electron chi connectivity index (χ4n) is 6.20. The van der Waals surface area contributed by atoms with Crippen molar-refractivity contribution >= 4 is 11.0 Å². The van der Waals surface area contributed by atoms with Crippen LogP contribution in [0.5, 0.6) is 23.0 Å². The van der Waals surface area contributed by atoms with E-state index in [0.717, 1.165) is 12.1 Å². The third-order valence-corrected chi connectivity index (χ3v) is 9.26. The van der Waals surface area contributed by atoms with Crippen molar-refractivity contribution in [1.29, 1.82) is 0 Å². The van der Waals surface area contributed by atoms with Gasteiger partial charge in [0, 0.05) is 17.7 Å². The number of aromatic hydroxyl groups is 3. The van der Waals surface area contributed by atoms with E-state index in [1.54, 1.807) is 0 Å². The van der Waals surface area contributed by atoms with Crippen molar-refractivity contribution in [2.24, 2.45) is 0 Å². The Hall–Kier alpha value is -3.67. The Morgan fingerprint density at radius 1 is 0.654 bits per heavy atom. The summed E-state index contributed by atoms with van der Waals surface area (Å²) in [6.45, 7) is 2.12. The maximum absolute atomic E-state index is 14.0. The minimum atomic E-state index is -2.00. The van der Waals surface area contributed by atoms with Crippen molar-refractivity contribution in [3.63, 3.8) is 0 Å². The summed E-state index contributed by atoms with van der Waals surface area (Å²) in [5, 5.41) is 115. The smallest absolute Gasteiger partial charge is 0.239 e. The van der Waals surface area contributed by atoms with Gasteiger partial charge in [0.05, 0.1) is 18.8 Å². The van der Waals surface area contributed by atoms with Gasteiger partial charge in [0.25, 0.3) is 0 Å². The molecule has 3 aromatic rings. The van der Waals surface area contributed by atoms with Gasteiger partial charge in [0.1, 0.15) is 83.2 Å². The fourth-order valence-corrected chi connectivity index (χ4v) is 6.20. The molecule has 1 aromatic heterocycles. The molecule has 0 amide bonds. The van der Waals surface area contributed by atoms with Crippen LogP contribution in [0, 0.1) is 0 Å². The Morgan fingerprint density at radius 2 is 1.25 bits per heavy atom. The van der Waals surface area contributed by atoms with E-state index in [1.807, 2.05) is 0 Å². The molecular weight excluding hydrogens is 700 g/mol. The average molecular weight is 741 g/mol. The van der Waals surface area contributed by atoms with Crippen LogP contribution >= 0.6 is 0 Å². The molecule has 15 atom stereocenters. The second kappa shape index (κ2) is 15.0. The maximum Gasteiger partial charge on any atom is 0.239 e. The van der Waals surface area contributed by atoms with Gasteiger partial charge < -0.3 is 89.0 Å². The minimum Gasteiger partial charge on any atom is -0.508 e. The zero-order chi connectivity index (χ0) is 37.8. The zero-order valence-corrected chi connectivity index (χ0v) is 27.5. The lowest BCUT2D eigenvalue weighted by Crippen LogP contribution is -2.65. The normalized spacial score (nSPS) is 38.3. The van der Waals surface area contributed by atoms with Gasteiger partial charge >= 0.3 is 0 Å². The number of aliphatic hydroxyl groups excluding tert-OH is 8. The second-order valence-corrected chi connectivity index (χ2v) is 12.9. The van der Waals surface area contributed by atoms with Crippen LogP contribution < -0.4 is 10.2 Å². The molecule has 3 aliphatic heterocycles. The molecule has 19 heteroatoms. The van der Waals surface area contributed by atoms with Crippen molar-refractivity contribution in [1.82, 2.24) is 0 Å². The molecule has 3 fully saturated rings. The first-order valence-corrected chi connectivity index (χ1v) is 16.2. The van der Waals surface area contributed by atoms with Crippen LogP contribution in [-0.2, 0) is 23.7 Å². The number of benzene rings is 2. The number of hydrogen-bond donors (Lipinski definition) is 11. The lowest BCUT2D eigenvalue weighted by atomic mass is 9.97. The summed E-state index contributed by atoms with van der Waals surface area (Å²) >= 11 is 0. The van der Waals surface area contributed by atoms with Gasteiger partial charge in [-0.25, -0.2) is 0 Å². The SMILES string of the molecule is CC1O[C@@H](OC[C@H]2O[C@@H](Oc3c(-c4ccc(O)cc4)oc4cc(O)cc(O)c4c3=O)C(O[C@@H]3O[C@H](C)[C@H](O)C(O)C3O)C(O)[C@H]2O)C(O)[C@@H](O)[C@H]1O. The minimum absolute atomic E-state index is 0.138. The summed E-state index contributed by atoms with van der Waals surface area (Å²) in [5.41, 5.74) is -1.15. The molecule has 52 heavy (non-hydrogen) atoms. The van der Waals surface area contributed by atoms with Crippen molar-refractivity contribution in [3.8, 4) is 34.3 Å². The molecule has 4 heterocycles. The van der Waals surface area contributed by atoms with Crippen LogP contribution in [0.15, 0.2) is 45.6 Å². The highest BCUT2D eigenvalue weighted by Gasteiger charge is 2.52. The molecule has 19 nitrogen and oxygen atoms in total. The summed E-state index contributed by atoms with van der Waals surface area (Å²) in [5.74, 6) is -2.27. The maximum atomic E-state index is 14.0. The average Bonchev–Trinajstić information content (AvgIpc) is 3.10. The van der Waals surface area contributed by atoms with Crippen LogP contribution in [0.1, 0.15) is 13.8 Å². The van der Waals surface area contributed by atoms with Gasteiger partial charge in [-0.05, 0) is 38.1 Å². The number of phenols is 3. The highest BCUT2D eigenvalue weighted by molar-refractivity contribution is 5.88. The topological polar surface area (TPSA) is 308 Å². The van der Waals surface area contributed by atoms with Gasteiger partial charge in [0.2, 0.25) is 17.5 Å². The van der Waals surface area contributed by atoms with Crippen LogP contribution in [-0.4, -0.2) is 155 Å². The van der Waals surface area contributed by atoms with E-state index < -0.39 is 127 Å². The summed E-state index contributed by atoms with van der Waals surface area (Å²) in [4.78, 5) is 14.0. The summed E-state index contributed by atoms with van der Waals surface area (Å²) in [6.07, 6.45) is -24.7. The van der Waals surface area contributed by atoms with Crippen molar-refractivity contribution < 1.29 is 89.0 Å². The van der Waals surface area contributed by atoms with Gasteiger partial charge in [-0.1, -0.05) is 0 Å². The van der Waals surface area contributed by atoms with Gasteiger partial charge in [-0.15, -0.1) is 0 Å². The third kappa shape index (κ3) is 7.16. The molecular formula is C33H40O19. The Kier molecular flexibility index (Phi) is 11.0. The molecule has 0 aliphatic carbocycles. The third-order valence-electron chi connectivity index (χ3n) is 9.26. The quantitative estimate of drug-likeness (QED) is 0.113. The van der Waals surface area contributed by atoms with Gasteiger partial charge in [-0.3, -0.25) is 4.79 Å². The Bertz CT molecular complexity index is 1760. The summed E-state index contributed by atoms with van der Waals surface area (Å²) in [7, 11) is 0. The number of phenolic OH excluding ortho intramolecular Hbond substituents is 3. The first kappa shape index (κ1) is 38.1. The molecule has 6 rings (SSSR count). The van der Waals surface area contributed by atoms with Crippen molar-refractivity contribution in [3.05, 3.63) is 46.6 Å². The van der Waals surface area contributed by atoms with Gasteiger partial charge in [-0.2, -0.15) is 0 Å². The van der Waals surface area contributed by atoms with E-state index in [2.05, 4.69) is 0 Å². The lowest BCUT2D eigenvalue weighted by molar-refractivity contribution is -0.360. The monoisotopic (exact) mass is 740 g/mol. The largest absolute Gasteiger partial charge is 0.508 e. The van der Waals surface area contributed by atoms with Crippen LogP contribution in [0.25, 0.3) is 22.3 Å². The van der Waals surface area contributed by atoms with Crippen molar-refractivity contribution in [2.75, 3.05) is 6.61 Å². The van der Waals surface area contributed by atoms with Crippen LogP contribution in [0.3, 0.4) is 0 Å². The number of hydrogen-bond acceptors (Lipinski definition) is 19. The van der Waals surface area contributed by atoms with E-state index in [-0.39, 0.29) is 22.7 Å². The van der Waals surface area contributed by atoms with Crippen LogP contribution in [0.4, 0.5) is 0 Å². The molecule has 0 radical (unpaired) electrons. The molecule has 286 valence electrons. The first-order chi connectivity index (χ1) is 24.6. The van der Waals surface area contributed by atoms with Gasteiger partial charge in [0.15, 0.2) is 24.4 Å². The van der Waals surface area contributed by atoms with E-state index in [1.165, 1.54) is 38.1 Å². The lowest BCUT2D eigenvalue weighted by Gasteiger charge is -2.46. The zero-order valence-electron chi connectivity index (χ0n) is 27.5. The second-order valence-electron chi connectivity index (χ2n) is 12.9. The molecule has 2 aromatic carbocycles. The number of aliphatic hydroxyl groups is 8. The number of fused-ring (bicyclic) bond motifs is 1. The predicted octanol–water partition coefficient (Wildman–Crippen LogP) is -2.54. The Labute approximate surface area is 293 Å². The fraction of sp³-hybridized carbons (Fsp3) is 0.545. The van der Waals surface area contributed by atoms with Crippen molar-refractivity contribution in [2.45, 2.75) is 106 Å². The van der Waals surface area contributed by atoms with E-state index >= 15 is 0 Å². The predicted molar refractivity (Wildman–Crippen MR) is 170 cm³/mol. The highest BCUT2D eigenvalue weighted by atomic mass is 16.8. The molecule has 6 unspecified atom stereocenters. The number of rotatable bonds is 8. The summed E-state index contributed by atoms with van der Waals surface area (Å²) < 4.78 is 40.3. The Morgan fingerprint density at radius 3 is 1.88 bits per heavy atom. The first-order valence-electron chi connectivity index (χ1n) is 16.2. The van der Waals surface area contributed by atoms with Crippen LogP contribution in [0.2, 0.25) is 0 Å². The molecule has 0 spiro atoms. The van der Waals surface area contributed by atoms with E-state index in [9.17, 15) is 61.0 Å². The summed E-state index contributed by atoms with van der Waals surface area (Å²) in [6, 6.07) is 7.16. The molecule has 3 saturated heterocycles. The molecule has 3 aliphatic rings. The molecule has 0 saturated carbocycles. The highest BCUT2D eigenvalue weighted by Crippen LogP contribution is 2.38. The van der Waals surface area contributed by atoms with E-state index in [0.29, 0.717) is 0 Å². The van der Waals surface area contributed by atoms with E-state index in [4.69, 9.17) is 32.8 Å².